The molecule has 0 radical (unpaired) electrons. The molecule has 0 aliphatic heterocycles. The molecule has 0 aromatic heterocycles. The van der Waals surface area contributed by atoms with E-state index >= 15 is 0 Å². The van der Waals surface area contributed by atoms with E-state index in [2.05, 4.69) is 0 Å². The van der Waals surface area contributed by atoms with Gasteiger partial charge in [-0.2, -0.15) is 13.2 Å². The van der Waals surface area contributed by atoms with Crippen LogP contribution < -0.4 is 10.6 Å². The summed E-state index contributed by atoms with van der Waals surface area (Å²) in [5.41, 5.74) is 6.50. The Balaban J connectivity index is 2.63. The van der Waals surface area contributed by atoms with Gasteiger partial charge in [0.25, 0.3) is 0 Å². The summed E-state index contributed by atoms with van der Waals surface area (Å²) in [6.07, 6.45) is -4.99. The van der Waals surface area contributed by atoms with Crippen molar-refractivity contribution in [2.45, 2.75) is 12.6 Å². The monoisotopic (exact) mass is 245 g/mol. The second-order valence-electron chi connectivity index (χ2n) is 3.75. The summed E-state index contributed by atoms with van der Waals surface area (Å²) in [7, 11) is 1.59. The van der Waals surface area contributed by atoms with E-state index in [1.807, 2.05) is 0 Å². The maximum atomic E-state index is 12.0. The Hall–Kier alpha value is -1.72. The predicted octanol–water partition coefficient (Wildman–Crippen LogP) is 2.36. The Morgan fingerprint density at radius 2 is 1.82 bits per heavy atom. The largest absolute Gasteiger partial charge is 0.390 e. The molecule has 3 nitrogen and oxygen atoms in total. The van der Waals surface area contributed by atoms with E-state index in [0.29, 0.717) is 11.3 Å². The zero-order chi connectivity index (χ0) is 13.1. The van der Waals surface area contributed by atoms with Gasteiger partial charge in [-0.1, -0.05) is 0 Å². The Morgan fingerprint density at radius 1 is 1.29 bits per heavy atom. The third-order valence-electron chi connectivity index (χ3n) is 2.35. The number of hydrogen-bond donors (Lipinski definition) is 2. The Kier molecular flexibility index (Phi) is 3.98. The van der Waals surface area contributed by atoms with Crippen molar-refractivity contribution in [2.75, 3.05) is 18.5 Å². The molecule has 1 aromatic carbocycles. The standard InChI is InChI=1S/C11H14F3N3/c1-17(7-6-11(12,13)14)9-4-2-8(3-5-9)10(15)16/h2-5H,6-7H2,1H3,(H3,15,16). The highest BCUT2D eigenvalue weighted by Crippen LogP contribution is 2.21. The molecule has 0 heterocycles. The Bertz CT molecular complexity index is 384. The molecule has 94 valence electrons. The van der Waals surface area contributed by atoms with E-state index in [1.165, 1.54) is 4.90 Å². The van der Waals surface area contributed by atoms with Crippen molar-refractivity contribution >= 4 is 11.5 Å². The van der Waals surface area contributed by atoms with Gasteiger partial charge in [-0.25, -0.2) is 0 Å². The number of nitrogen functional groups attached to an aromatic ring is 1. The number of alkyl halides is 3. The lowest BCUT2D eigenvalue weighted by Gasteiger charge is -2.20. The minimum Gasteiger partial charge on any atom is -0.384 e. The normalized spacial score (nSPS) is 11.3. The quantitative estimate of drug-likeness (QED) is 0.632. The fourth-order valence-corrected chi connectivity index (χ4v) is 1.32. The molecule has 0 saturated heterocycles. The Morgan fingerprint density at radius 3 is 2.24 bits per heavy atom. The molecule has 1 rings (SSSR count). The second kappa shape index (κ2) is 5.07. The average molecular weight is 245 g/mol. The highest BCUT2D eigenvalue weighted by molar-refractivity contribution is 5.95. The molecule has 0 aliphatic rings. The number of nitrogens with zero attached hydrogens (tertiary/aromatic N) is 1. The molecule has 17 heavy (non-hydrogen) atoms. The first-order chi connectivity index (χ1) is 7.79. The highest BCUT2D eigenvalue weighted by atomic mass is 19.4. The number of halogens is 3. The van der Waals surface area contributed by atoms with Crippen LogP contribution in [0.25, 0.3) is 0 Å². The number of anilines is 1. The lowest BCUT2D eigenvalue weighted by molar-refractivity contribution is -0.132. The first-order valence-electron chi connectivity index (χ1n) is 5.02. The molecule has 0 fully saturated rings. The molecule has 0 aliphatic carbocycles. The predicted molar refractivity (Wildman–Crippen MR) is 61.4 cm³/mol. The maximum absolute atomic E-state index is 12.0. The van der Waals surface area contributed by atoms with Crippen LogP contribution in [0.5, 0.6) is 0 Å². The summed E-state index contributed by atoms with van der Waals surface area (Å²) in [4.78, 5) is 1.51. The third kappa shape index (κ3) is 4.34. The smallest absolute Gasteiger partial charge is 0.384 e. The van der Waals surface area contributed by atoms with Crippen LogP contribution in [0.2, 0.25) is 0 Å². The van der Waals surface area contributed by atoms with Gasteiger partial charge in [0, 0.05) is 24.8 Å². The summed E-state index contributed by atoms with van der Waals surface area (Å²) in [6.45, 7) is -0.0943. The molecule has 0 spiro atoms. The number of benzene rings is 1. The van der Waals surface area contributed by atoms with Crippen molar-refractivity contribution in [1.29, 1.82) is 5.41 Å². The molecular weight excluding hydrogens is 231 g/mol. The van der Waals surface area contributed by atoms with E-state index in [9.17, 15) is 13.2 Å². The number of hydrogen-bond acceptors (Lipinski definition) is 2. The van der Waals surface area contributed by atoms with Crippen molar-refractivity contribution in [3.05, 3.63) is 29.8 Å². The number of nitrogens with one attached hydrogen (secondary N) is 1. The van der Waals surface area contributed by atoms with Crippen LogP contribution >= 0.6 is 0 Å². The topological polar surface area (TPSA) is 53.1 Å². The zero-order valence-corrected chi connectivity index (χ0v) is 9.38. The van der Waals surface area contributed by atoms with Crippen LogP contribution in [-0.4, -0.2) is 25.6 Å². The van der Waals surface area contributed by atoms with Gasteiger partial charge in [0.2, 0.25) is 0 Å². The van der Waals surface area contributed by atoms with Crippen LogP contribution in [0, 0.1) is 5.41 Å². The fourth-order valence-electron chi connectivity index (χ4n) is 1.32. The molecular formula is C11H14F3N3. The van der Waals surface area contributed by atoms with Crippen molar-refractivity contribution < 1.29 is 13.2 Å². The summed E-state index contributed by atoms with van der Waals surface area (Å²) in [5, 5.41) is 7.19. The summed E-state index contributed by atoms with van der Waals surface area (Å²) >= 11 is 0. The summed E-state index contributed by atoms with van der Waals surface area (Å²) < 4.78 is 36.1. The average Bonchev–Trinajstić information content (AvgIpc) is 2.25. The van der Waals surface area contributed by atoms with E-state index < -0.39 is 12.6 Å². The van der Waals surface area contributed by atoms with Gasteiger partial charge in [0.15, 0.2) is 0 Å². The lowest BCUT2D eigenvalue weighted by Crippen LogP contribution is -2.24. The number of nitrogens with two attached hydrogens (primary N) is 1. The first kappa shape index (κ1) is 13.3. The van der Waals surface area contributed by atoms with Crippen LogP contribution in [0.15, 0.2) is 24.3 Å². The number of amidine groups is 1. The van der Waals surface area contributed by atoms with Gasteiger partial charge < -0.3 is 10.6 Å². The van der Waals surface area contributed by atoms with Crippen LogP contribution in [-0.2, 0) is 0 Å². The van der Waals surface area contributed by atoms with Crippen molar-refractivity contribution in [1.82, 2.24) is 0 Å². The summed E-state index contributed by atoms with van der Waals surface area (Å²) in [6, 6.07) is 6.52. The van der Waals surface area contributed by atoms with E-state index in [-0.39, 0.29) is 12.4 Å². The molecule has 0 amide bonds. The molecule has 6 heteroatoms. The van der Waals surface area contributed by atoms with Gasteiger partial charge >= 0.3 is 6.18 Å². The highest BCUT2D eigenvalue weighted by Gasteiger charge is 2.27. The van der Waals surface area contributed by atoms with Gasteiger partial charge in [-0.3, -0.25) is 5.41 Å². The van der Waals surface area contributed by atoms with Gasteiger partial charge in [0.1, 0.15) is 5.84 Å². The van der Waals surface area contributed by atoms with Gasteiger partial charge in [0.05, 0.1) is 6.42 Å². The molecule has 0 atom stereocenters. The summed E-state index contributed by atoms with van der Waals surface area (Å²) in [5.74, 6) is -0.0607. The molecule has 1 aromatic rings. The second-order valence-corrected chi connectivity index (χ2v) is 3.75. The minimum atomic E-state index is -4.15. The lowest BCUT2D eigenvalue weighted by atomic mass is 10.2. The Labute approximate surface area is 97.5 Å². The maximum Gasteiger partial charge on any atom is 0.390 e. The number of rotatable bonds is 4. The van der Waals surface area contributed by atoms with E-state index in [1.54, 1.807) is 31.3 Å². The van der Waals surface area contributed by atoms with E-state index in [4.69, 9.17) is 11.1 Å². The third-order valence-corrected chi connectivity index (χ3v) is 2.35. The molecule has 0 bridgehead atoms. The zero-order valence-electron chi connectivity index (χ0n) is 9.38. The molecule has 3 N–H and O–H groups in total. The van der Waals surface area contributed by atoms with Crippen LogP contribution in [0.4, 0.5) is 18.9 Å². The van der Waals surface area contributed by atoms with Crippen molar-refractivity contribution in [3.8, 4) is 0 Å². The van der Waals surface area contributed by atoms with Gasteiger partial charge in [-0.05, 0) is 24.3 Å². The SMILES string of the molecule is CN(CCC(F)(F)F)c1ccc(C(=N)N)cc1. The first-order valence-corrected chi connectivity index (χ1v) is 5.02. The molecule has 0 saturated carbocycles. The fraction of sp³-hybridized carbons (Fsp3) is 0.364. The van der Waals surface area contributed by atoms with Gasteiger partial charge in [-0.15, -0.1) is 0 Å². The van der Waals surface area contributed by atoms with Crippen molar-refractivity contribution in [2.24, 2.45) is 5.73 Å². The van der Waals surface area contributed by atoms with Crippen molar-refractivity contribution in [3.63, 3.8) is 0 Å². The van der Waals surface area contributed by atoms with Crippen LogP contribution in [0.1, 0.15) is 12.0 Å². The molecule has 0 unspecified atom stereocenters. The minimum absolute atomic E-state index is 0.0607. The van der Waals surface area contributed by atoms with E-state index in [0.717, 1.165) is 0 Å². The van der Waals surface area contributed by atoms with Crippen LogP contribution in [0.3, 0.4) is 0 Å².